The molecule has 2 aromatic carbocycles. The molecule has 0 aliphatic heterocycles. The van der Waals surface area contributed by atoms with E-state index in [1.165, 1.54) is 13.2 Å². The molecule has 146 valence electrons. The number of alkyl halides is 2. The summed E-state index contributed by atoms with van der Waals surface area (Å²) in [6.07, 6.45) is -1.64. The maximum atomic E-state index is 13.5. The third-order valence-electron chi connectivity index (χ3n) is 4.40. The van der Waals surface area contributed by atoms with Crippen molar-refractivity contribution < 1.29 is 23.0 Å². The number of nitrogens with one attached hydrogen (secondary N) is 1. The summed E-state index contributed by atoms with van der Waals surface area (Å²) in [5.74, 6) is 0.503. The molecule has 0 aromatic heterocycles. The Morgan fingerprint density at radius 1 is 1.19 bits per heavy atom. The molecule has 0 saturated carbocycles. The Morgan fingerprint density at radius 3 is 2.52 bits per heavy atom. The third kappa shape index (κ3) is 4.96. The number of anilines is 1. The molecule has 0 heterocycles. The molecule has 0 spiro atoms. The minimum absolute atomic E-state index is 0.00598. The van der Waals surface area contributed by atoms with Crippen molar-refractivity contribution in [2.24, 2.45) is 0 Å². The molecule has 6 heteroatoms. The summed E-state index contributed by atoms with van der Waals surface area (Å²) in [7, 11) is 1.51. The first kappa shape index (κ1) is 20.7. The van der Waals surface area contributed by atoms with Crippen molar-refractivity contribution in [2.75, 3.05) is 12.4 Å². The van der Waals surface area contributed by atoms with E-state index in [1.54, 1.807) is 31.2 Å². The van der Waals surface area contributed by atoms with E-state index in [0.717, 1.165) is 11.1 Å². The molecule has 27 heavy (non-hydrogen) atoms. The fourth-order valence-electron chi connectivity index (χ4n) is 2.83. The number of methoxy groups -OCH3 is 1. The van der Waals surface area contributed by atoms with Crippen LogP contribution in [-0.2, 0) is 17.8 Å². The second-order valence-corrected chi connectivity index (χ2v) is 6.15. The van der Waals surface area contributed by atoms with Crippen LogP contribution < -0.4 is 14.8 Å². The van der Waals surface area contributed by atoms with Gasteiger partial charge in [0.05, 0.1) is 23.9 Å². The number of rotatable bonds is 8. The first-order valence-electron chi connectivity index (χ1n) is 8.91. The molecule has 1 N–H and O–H groups in total. The third-order valence-corrected chi connectivity index (χ3v) is 4.40. The molecule has 0 saturated heterocycles. The number of aryl methyl sites for hydroxylation is 2. The van der Waals surface area contributed by atoms with Gasteiger partial charge in [0.1, 0.15) is 18.1 Å². The minimum Gasteiger partial charge on any atom is -0.496 e. The van der Waals surface area contributed by atoms with E-state index in [0.29, 0.717) is 29.8 Å². The van der Waals surface area contributed by atoms with E-state index >= 15 is 0 Å². The molecular formula is C21H25F2NO3. The summed E-state index contributed by atoms with van der Waals surface area (Å²) in [5, 5.41) is 2.79. The zero-order valence-corrected chi connectivity index (χ0v) is 16.1. The Bertz CT molecular complexity index is 806. The Kier molecular flexibility index (Phi) is 7.16. The van der Waals surface area contributed by atoms with E-state index in [-0.39, 0.29) is 23.8 Å². The molecular weight excluding hydrogens is 352 g/mol. The van der Waals surface area contributed by atoms with E-state index < -0.39 is 6.43 Å². The maximum absolute atomic E-state index is 13.5. The van der Waals surface area contributed by atoms with E-state index in [4.69, 9.17) is 9.47 Å². The topological polar surface area (TPSA) is 47.6 Å². The second-order valence-electron chi connectivity index (χ2n) is 6.15. The lowest BCUT2D eigenvalue weighted by molar-refractivity contribution is -0.115. The van der Waals surface area contributed by atoms with Crippen molar-refractivity contribution in [1.82, 2.24) is 0 Å². The van der Waals surface area contributed by atoms with Gasteiger partial charge in [-0.3, -0.25) is 4.79 Å². The Morgan fingerprint density at radius 2 is 1.93 bits per heavy atom. The van der Waals surface area contributed by atoms with Crippen LogP contribution in [0.3, 0.4) is 0 Å². The Balaban J connectivity index is 2.36. The SMILES string of the molecule is CCC(=O)Nc1cccc(OC)c1COc1cc(C)c(CC)cc1C(F)F. The number of hydrogen-bond acceptors (Lipinski definition) is 3. The van der Waals surface area contributed by atoms with Gasteiger partial charge in [0, 0.05) is 6.42 Å². The number of amides is 1. The largest absolute Gasteiger partial charge is 0.496 e. The summed E-state index contributed by atoms with van der Waals surface area (Å²) >= 11 is 0. The van der Waals surface area contributed by atoms with Gasteiger partial charge in [-0.2, -0.15) is 0 Å². The average molecular weight is 377 g/mol. The molecule has 0 unspecified atom stereocenters. The number of hydrogen-bond donors (Lipinski definition) is 1. The van der Waals surface area contributed by atoms with Gasteiger partial charge in [0.2, 0.25) is 5.91 Å². The highest BCUT2D eigenvalue weighted by atomic mass is 19.3. The van der Waals surface area contributed by atoms with Crippen LogP contribution in [-0.4, -0.2) is 13.0 Å². The summed E-state index contributed by atoms with van der Waals surface area (Å²) in [6, 6.07) is 8.35. The predicted molar refractivity (Wildman–Crippen MR) is 102 cm³/mol. The summed E-state index contributed by atoms with van der Waals surface area (Å²) in [4.78, 5) is 11.8. The predicted octanol–water partition coefficient (Wildman–Crippen LogP) is 5.43. The fourth-order valence-corrected chi connectivity index (χ4v) is 2.83. The highest BCUT2D eigenvalue weighted by Gasteiger charge is 2.18. The first-order chi connectivity index (χ1) is 12.9. The summed E-state index contributed by atoms with van der Waals surface area (Å²) < 4.78 is 38.1. The fraction of sp³-hybridized carbons (Fsp3) is 0.381. The maximum Gasteiger partial charge on any atom is 0.267 e. The lowest BCUT2D eigenvalue weighted by Crippen LogP contribution is -2.13. The minimum atomic E-state index is -2.64. The van der Waals surface area contributed by atoms with Gasteiger partial charge < -0.3 is 14.8 Å². The number of benzene rings is 2. The van der Waals surface area contributed by atoms with Crippen LogP contribution in [0.4, 0.5) is 14.5 Å². The van der Waals surface area contributed by atoms with Crippen molar-refractivity contribution >= 4 is 11.6 Å². The molecule has 0 radical (unpaired) electrons. The average Bonchev–Trinajstić information content (AvgIpc) is 2.66. The lowest BCUT2D eigenvalue weighted by atomic mass is 10.0. The standard InChI is InChI=1S/C21H25F2NO3/c1-5-14-11-15(21(22)23)19(10-13(14)3)27-12-16-17(24-20(25)6-2)8-7-9-18(16)26-4/h7-11,21H,5-6,12H2,1-4H3,(H,24,25). The summed E-state index contributed by atoms with van der Waals surface area (Å²) in [5.41, 5.74) is 2.77. The van der Waals surface area contributed by atoms with Crippen LogP contribution in [0, 0.1) is 6.92 Å². The van der Waals surface area contributed by atoms with E-state index in [2.05, 4.69) is 5.32 Å². The van der Waals surface area contributed by atoms with Crippen molar-refractivity contribution in [3.63, 3.8) is 0 Å². The molecule has 2 rings (SSSR count). The Hall–Kier alpha value is -2.63. The highest BCUT2D eigenvalue weighted by molar-refractivity contribution is 5.91. The lowest BCUT2D eigenvalue weighted by Gasteiger charge is -2.18. The van der Waals surface area contributed by atoms with Gasteiger partial charge in [-0.25, -0.2) is 8.78 Å². The van der Waals surface area contributed by atoms with Gasteiger partial charge in [0.25, 0.3) is 6.43 Å². The van der Waals surface area contributed by atoms with Gasteiger partial charge in [-0.15, -0.1) is 0 Å². The van der Waals surface area contributed by atoms with Crippen LogP contribution in [0.5, 0.6) is 11.5 Å². The monoisotopic (exact) mass is 377 g/mol. The normalized spacial score (nSPS) is 10.8. The molecule has 0 aliphatic carbocycles. The van der Waals surface area contributed by atoms with Crippen LogP contribution in [0.25, 0.3) is 0 Å². The number of carbonyl (C=O) groups excluding carboxylic acids is 1. The molecule has 4 nitrogen and oxygen atoms in total. The highest BCUT2D eigenvalue weighted by Crippen LogP contribution is 2.34. The van der Waals surface area contributed by atoms with E-state index in [1.807, 2.05) is 13.8 Å². The van der Waals surface area contributed by atoms with Crippen LogP contribution in [0.1, 0.15) is 48.9 Å². The zero-order valence-electron chi connectivity index (χ0n) is 16.1. The number of halogens is 2. The Labute approximate surface area is 158 Å². The van der Waals surface area contributed by atoms with Crippen molar-refractivity contribution in [1.29, 1.82) is 0 Å². The second kappa shape index (κ2) is 9.35. The summed E-state index contributed by atoms with van der Waals surface area (Å²) in [6.45, 7) is 5.54. The molecule has 0 bridgehead atoms. The number of carbonyl (C=O) groups is 1. The molecule has 2 aromatic rings. The van der Waals surface area contributed by atoms with Crippen LogP contribution >= 0.6 is 0 Å². The smallest absolute Gasteiger partial charge is 0.267 e. The van der Waals surface area contributed by atoms with Crippen molar-refractivity contribution in [2.45, 2.75) is 46.6 Å². The zero-order chi connectivity index (χ0) is 20.0. The van der Waals surface area contributed by atoms with Crippen molar-refractivity contribution in [3.8, 4) is 11.5 Å². The van der Waals surface area contributed by atoms with E-state index in [9.17, 15) is 13.6 Å². The number of ether oxygens (including phenoxy) is 2. The van der Waals surface area contributed by atoms with Crippen LogP contribution in [0.15, 0.2) is 30.3 Å². The molecule has 0 aliphatic rings. The van der Waals surface area contributed by atoms with Gasteiger partial charge in [-0.1, -0.05) is 19.9 Å². The molecule has 0 atom stereocenters. The van der Waals surface area contributed by atoms with Gasteiger partial charge in [-0.05, 0) is 48.7 Å². The van der Waals surface area contributed by atoms with Crippen molar-refractivity contribution in [3.05, 3.63) is 52.6 Å². The van der Waals surface area contributed by atoms with Gasteiger partial charge in [0.15, 0.2) is 0 Å². The molecule has 1 amide bonds. The quantitative estimate of drug-likeness (QED) is 0.667. The van der Waals surface area contributed by atoms with Gasteiger partial charge >= 0.3 is 0 Å². The van der Waals surface area contributed by atoms with Crippen LogP contribution in [0.2, 0.25) is 0 Å². The first-order valence-corrected chi connectivity index (χ1v) is 8.91. The molecule has 0 fully saturated rings.